The summed E-state index contributed by atoms with van der Waals surface area (Å²) in [5.41, 5.74) is 3.60. The van der Waals surface area contributed by atoms with Crippen molar-refractivity contribution < 1.29 is 46.9 Å². The van der Waals surface area contributed by atoms with Gasteiger partial charge in [0.2, 0.25) is 17.6 Å². The van der Waals surface area contributed by atoms with E-state index in [9.17, 15) is 27.9 Å². The molecule has 3 fully saturated rings. The molecule has 3 heterocycles. The maximum atomic E-state index is 15.5. The zero-order valence-electron chi connectivity index (χ0n) is 37.2. The van der Waals surface area contributed by atoms with E-state index in [0.717, 1.165) is 15.6 Å². The number of nitrogens with zero attached hydrogens (tertiary/aromatic N) is 6. The zero-order valence-corrected chi connectivity index (χ0v) is 38.8. The number of hydrogen-bond donors (Lipinski definition) is 2. The summed E-state index contributed by atoms with van der Waals surface area (Å²) in [6.45, 7) is 0. The number of hydrogen-bond acceptors (Lipinski definition) is 12. The third kappa shape index (κ3) is 8.12. The minimum atomic E-state index is -4.78. The summed E-state index contributed by atoms with van der Waals surface area (Å²) in [5, 5.41) is 19.9. The van der Waals surface area contributed by atoms with Crippen LogP contribution in [0.15, 0.2) is 125 Å². The first kappa shape index (κ1) is 46.9. The monoisotopic (exact) mass is 979 g/mol. The van der Waals surface area contributed by atoms with Crippen molar-refractivity contribution in [2.24, 2.45) is 39.8 Å². The molecule has 5 aromatic rings. The Morgan fingerprint density at radius 3 is 2.06 bits per heavy atom. The Balaban J connectivity index is 1.12. The zero-order chi connectivity index (χ0) is 49.1. The van der Waals surface area contributed by atoms with Crippen molar-refractivity contribution in [2.45, 2.75) is 24.4 Å². The highest BCUT2D eigenvalue weighted by Crippen LogP contribution is 2.62. The molecule has 2 saturated heterocycles. The van der Waals surface area contributed by atoms with Crippen LogP contribution < -0.4 is 24.7 Å². The lowest BCUT2D eigenvalue weighted by molar-refractivity contribution is -0.139. The molecular weight excluding hydrogens is 938 g/mol. The van der Waals surface area contributed by atoms with Gasteiger partial charge in [-0.25, -0.2) is 4.98 Å². The second-order valence-corrected chi connectivity index (χ2v) is 18.1. The Hall–Kier alpha value is -7.24. The van der Waals surface area contributed by atoms with Crippen molar-refractivity contribution in [3.8, 4) is 17.2 Å². The number of azo groups is 1. The summed E-state index contributed by atoms with van der Waals surface area (Å²) in [6.07, 6.45) is 1.05. The quantitative estimate of drug-likeness (QED) is 0.0739. The SMILES string of the molecule is COc1cc(C=C[C@H]2C3=CC[C@@H]4C(=O)N(c5ccc(N=Nc6ccc(N(C)C)cc6)cc5)C(=O)[C@@H]4[C@@H]3C[C@H]3C(=O)N(Nc4ncc(C(F)(F)F)cc4Cl)C(=O)[C@@]23c2ccc(Cl)cc2)cc(OC)c1O. The van der Waals surface area contributed by atoms with E-state index < -0.39 is 75.4 Å². The number of carbonyl (C=O) groups is 4. The number of aromatic hydroxyl groups is 1. The third-order valence-electron chi connectivity index (χ3n) is 13.4. The smallest absolute Gasteiger partial charge is 0.417 e. The van der Waals surface area contributed by atoms with E-state index in [-0.39, 0.29) is 35.9 Å². The number of ether oxygens (including phenoxy) is 2. The molecule has 9 rings (SSSR count). The standard InChI is InChI=1S/C50H42Cl2F3N7O7/c1-60(2)32-14-10-30(11-15-32)57-58-31-12-16-33(17-13-31)61-45(64)35-19-18-34-36(42(35)47(61)66)24-38-46(65)62(59-44-39(52)23-28(25-56-44)50(53,54)55)48(67)49(38,27-6-8-29(51)9-7-27)37(34)20-5-26-21-40(68-3)43(63)41(22-26)69-4/h5-18,20-23,25,35-38,42,63H,19,24H2,1-4H3,(H,56,59)/t35-,36+,37-,38-,42-,49-/m0/s1. The molecular formula is C50H42Cl2F3N7O7. The maximum absolute atomic E-state index is 15.5. The number of nitrogens with one attached hydrogen (secondary N) is 1. The first-order valence-corrected chi connectivity index (χ1v) is 22.4. The predicted octanol–water partition coefficient (Wildman–Crippen LogP) is 10.3. The Kier molecular flexibility index (Phi) is 12.2. The largest absolute Gasteiger partial charge is 0.502 e. The second kappa shape index (κ2) is 18.0. The van der Waals surface area contributed by atoms with Gasteiger partial charge in [-0.15, -0.1) is 0 Å². The van der Waals surface area contributed by atoms with Crippen LogP contribution in [0.1, 0.15) is 29.5 Å². The van der Waals surface area contributed by atoms with Crippen molar-refractivity contribution in [1.29, 1.82) is 0 Å². The van der Waals surface area contributed by atoms with Gasteiger partial charge in [-0.05, 0) is 109 Å². The minimum absolute atomic E-state index is 0.0839. The first-order chi connectivity index (χ1) is 33.0. The van der Waals surface area contributed by atoms with Gasteiger partial charge in [0.25, 0.3) is 11.8 Å². The summed E-state index contributed by atoms with van der Waals surface area (Å²) >= 11 is 12.7. The molecule has 0 unspecified atom stereocenters. The van der Waals surface area contributed by atoms with E-state index in [2.05, 4.69) is 20.6 Å². The van der Waals surface area contributed by atoms with Gasteiger partial charge in [-0.1, -0.05) is 59.1 Å². The number of carbonyl (C=O) groups excluding carboxylic acids is 4. The third-order valence-corrected chi connectivity index (χ3v) is 13.9. The van der Waals surface area contributed by atoms with Gasteiger partial charge < -0.3 is 19.5 Å². The molecule has 0 radical (unpaired) electrons. The number of pyridine rings is 1. The van der Waals surface area contributed by atoms with Gasteiger partial charge in [0.1, 0.15) is 0 Å². The molecule has 4 aliphatic rings. The number of phenols is 1. The van der Waals surface area contributed by atoms with Crippen LogP contribution in [0, 0.1) is 29.6 Å². The lowest BCUT2D eigenvalue weighted by Crippen LogP contribution is -2.54. The number of fused-ring (bicyclic) bond motifs is 4. The number of imide groups is 2. The van der Waals surface area contributed by atoms with Crippen LogP contribution in [-0.2, 0) is 30.8 Å². The van der Waals surface area contributed by atoms with E-state index >= 15 is 9.59 Å². The molecule has 69 heavy (non-hydrogen) atoms. The lowest BCUT2D eigenvalue weighted by Gasteiger charge is -2.49. The van der Waals surface area contributed by atoms with Crippen LogP contribution in [0.4, 0.5) is 41.7 Å². The number of hydrazine groups is 1. The fraction of sp³-hybridized carbons (Fsp3) is 0.260. The number of allylic oxidation sites excluding steroid dienone is 3. The molecule has 4 aromatic carbocycles. The molecule has 2 N–H and O–H groups in total. The second-order valence-electron chi connectivity index (χ2n) is 17.2. The van der Waals surface area contributed by atoms with E-state index in [4.69, 9.17) is 32.7 Å². The van der Waals surface area contributed by atoms with Gasteiger partial charge in [0, 0.05) is 36.9 Å². The number of rotatable bonds is 11. The molecule has 0 bridgehead atoms. The molecule has 2 aliphatic carbocycles. The molecule has 19 heteroatoms. The molecule has 1 saturated carbocycles. The van der Waals surface area contributed by atoms with E-state index in [1.807, 2.05) is 49.3 Å². The highest BCUT2D eigenvalue weighted by molar-refractivity contribution is 6.33. The molecule has 4 amide bonds. The van der Waals surface area contributed by atoms with Gasteiger partial charge in [-0.2, -0.15) is 28.4 Å². The van der Waals surface area contributed by atoms with Gasteiger partial charge >= 0.3 is 6.18 Å². The fourth-order valence-electron chi connectivity index (χ4n) is 10.1. The van der Waals surface area contributed by atoms with Gasteiger partial charge in [0.05, 0.1) is 65.0 Å². The van der Waals surface area contributed by atoms with Crippen LogP contribution in [0.2, 0.25) is 10.0 Å². The topological polar surface area (TPSA) is 166 Å². The van der Waals surface area contributed by atoms with Crippen molar-refractivity contribution in [3.05, 3.63) is 142 Å². The summed E-state index contributed by atoms with van der Waals surface area (Å²) in [5.74, 6) is -7.69. The molecule has 354 valence electrons. The molecule has 2 aliphatic heterocycles. The molecule has 6 atom stereocenters. The van der Waals surface area contributed by atoms with Gasteiger partial charge in [0.15, 0.2) is 17.3 Å². The normalized spacial score (nSPS) is 23.3. The average Bonchev–Trinajstić information content (AvgIpc) is 3.71. The molecule has 0 spiro atoms. The van der Waals surface area contributed by atoms with E-state index in [1.165, 1.54) is 14.2 Å². The maximum Gasteiger partial charge on any atom is 0.417 e. The molecule has 1 aromatic heterocycles. The van der Waals surface area contributed by atoms with Crippen molar-refractivity contribution in [1.82, 2.24) is 9.99 Å². The van der Waals surface area contributed by atoms with Crippen LogP contribution in [0.25, 0.3) is 6.08 Å². The lowest BCUT2D eigenvalue weighted by atomic mass is 9.50. The Bertz CT molecular complexity index is 2960. The summed E-state index contributed by atoms with van der Waals surface area (Å²) in [6, 6.07) is 24.2. The fourth-order valence-corrected chi connectivity index (χ4v) is 10.4. The number of alkyl halides is 3. The number of aromatic nitrogens is 1. The Labute approximate surface area is 403 Å². The highest BCUT2D eigenvalue weighted by Gasteiger charge is 2.69. The van der Waals surface area contributed by atoms with E-state index in [0.29, 0.717) is 51.0 Å². The number of halogens is 5. The number of methoxy groups -OCH3 is 2. The molecule has 14 nitrogen and oxygen atoms in total. The summed E-state index contributed by atoms with van der Waals surface area (Å²) in [7, 11) is 6.61. The minimum Gasteiger partial charge on any atom is -0.502 e. The highest BCUT2D eigenvalue weighted by atomic mass is 35.5. The first-order valence-electron chi connectivity index (χ1n) is 21.6. The van der Waals surface area contributed by atoms with Crippen molar-refractivity contribution in [2.75, 3.05) is 43.5 Å². The summed E-state index contributed by atoms with van der Waals surface area (Å²) < 4.78 is 51.7. The van der Waals surface area contributed by atoms with Crippen LogP contribution >= 0.6 is 23.2 Å². The number of amides is 4. The predicted molar refractivity (Wildman–Crippen MR) is 252 cm³/mol. The van der Waals surface area contributed by atoms with Crippen LogP contribution in [0.5, 0.6) is 17.2 Å². The Morgan fingerprint density at radius 1 is 0.855 bits per heavy atom. The number of benzene rings is 4. The number of anilines is 3. The van der Waals surface area contributed by atoms with Gasteiger partial charge in [-0.3, -0.25) is 29.5 Å². The van der Waals surface area contributed by atoms with Crippen molar-refractivity contribution >= 4 is 81.5 Å². The average molecular weight is 981 g/mol. The Morgan fingerprint density at radius 2 is 1.48 bits per heavy atom. The van der Waals surface area contributed by atoms with Crippen LogP contribution in [0.3, 0.4) is 0 Å². The number of phenolic OH excluding ortho intramolecular Hbond substituents is 1. The summed E-state index contributed by atoms with van der Waals surface area (Å²) in [4.78, 5) is 66.8. The van der Waals surface area contributed by atoms with E-state index in [1.54, 1.807) is 72.8 Å². The van der Waals surface area contributed by atoms with Crippen LogP contribution in [-0.4, -0.2) is 67.0 Å². The van der Waals surface area contributed by atoms with Crippen molar-refractivity contribution in [3.63, 3.8) is 0 Å².